The lowest BCUT2D eigenvalue weighted by Gasteiger charge is -2.12. The van der Waals surface area contributed by atoms with Gasteiger partial charge in [-0.3, -0.25) is 4.98 Å². The van der Waals surface area contributed by atoms with Crippen LogP contribution in [0.25, 0.3) is 0 Å². The van der Waals surface area contributed by atoms with E-state index < -0.39 is 0 Å². The summed E-state index contributed by atoms with van der Waals surface area (Å²) in [5.41, 5.74) is 2.79. The summed E-state index contributed by atoms with van der Waals surface area (Å²) in [6.07, 6.45) is 6.99. The largest absolute Gasteiger partial charge is 1.00 e. The summed E-state index contributed by atoms with van der Waals surface area (Å²) in [4.78, 5) is 4.32. The predicted octanol–water partition coefficient (Wildman–Crippen LogP) is 2.07. The fourth-order valence-electron chi connectivity index (χ4n) is 1.53. The first kappa shape index (κ1) is 5.90. The third-order valence-electron chi connectivity index (χ3n) is 2.09. The first-order valence-corrected chi connectivity index (χ1v) is 3.89. The molecular formula is C9H12N+. The van der Waals surface area contributed by atoms with Crippen LogP contribution < -0.4 is 0 Å². The van der Waals surface area contributed by atoms with Crippen LogP contribution in [-0.4, -0.2) is 4.98 Å². The monoisotopic (exact) mass is 134 g/mol. The molecular weight excluding hydrogens is 122 g/mol. The van der Waals surface area contributed by atoms with Crippen molar-refractivity contribution in [3.8, 4) is 0 Å². The van der Waals surface area contributed by atoms with Crippen molar-refractivity contribution < 1.29 is 1.43 Å². The van der Waals surface area contributed by atoms with Crippen LogP contribution in [-0.2, 0) is 12.8 Å². The van der Waals surface area contributed by atoms with E-state index in [9.17, 15) is 0 Å². The summed E-state index contributed by atoms with van der Waals surface area (Å²) < 4.78 is 0. The second kappa shape index (κ2) is 2.41. The van der Waals surface area contributed by atoms with E-state index >= 15 is 0 Å². The van der Waals surface area contributed by atoms with Crippen LogP contribution >= 0.6 is 0 Å². The molecule has 10 heavy (non-hydrogen) atoms. The van der Waals surface area contributed by atoms with Gasteiger partial charge >= 0.3 is 1.43 Å². The first-order valence-electron chi connectivity index (χ1n) is 3.89. The Balaban J connectivity index is 0.000000605. The zero-order chi connectivity index (χ0) is 6.81. The summed E-state index contributed by atoms with van der Waals surface area (Å²) in [6.45, 7) is 0. The molecule has 0 aromatic carbocycles. The molecule has 52 valence electrons. The van der Waals surface area contributed by atoms with Crippen LogP contribution in [0.2, 0.25) is 0 Å². The molecule has 0 amide bonds. The maximum atomic E-state index is 4.32. The molecule has 0 radical (unpaired) electrons. The Labute approximate surface area is 62.6 Å². The highest BCUT2D eigenvalue weighted by Crippen LogP contribution is 2.17. The molecule has 1 aliphatic carbocycles. The van der Waals surface area contributed by atoms with Gasteiger partial charge in [-0.1, -0.05) is 6.07 Å². The van der Waals surface area contributed by atoms with Crippen molar-refractivity contribution in [2.45, 2.75) is 25.7 Å². The second-order valence-corrected chi connectivity index (χ2v) is 2.82. The van der Waals surface area contributed by atoms with Crippen molar-refractivity contribution in [1.29, 1.82) is 0 Å². The highest BCUT2D eigenvalue weighted by Gasteiger charge is 2.07. The summed E-state index contributed by atoms with van der Waals surface area (Å²) in [5.74, 6) is 0. The molecule has 0 bridgehead atoms. The van der Waals surface area contributed by atoms with Crippen molar-refractivity contribution in [3.05, 3.63) is 29.6 Å². The van der Waals surface area contributed by atoms with Gasteiger partial charge in [-0.2, -0.15) is 0 Å². The Morgan fingerprint density at radius 1 is 1.30 bits per heavy atom. The zero-order valence-electron chi connectivity index (χ0n) is 7.01. The number of aromatic nitrogens is 1. The van der Waals surface area contributed by atoms with Crippen LogP contribution in [0, 0.1) is 0 Å². The molecule has 1 aromatic heterocycles. The summed E-state index contributed by atoms with van der Waals surface area (Å²) in [7, 11) is 0. The lowest BCUT2D eigenvalue weighted by atomic mass is 9.96. The molecule has 2 rings (SSSR count). The molecule has 1 nitrogen and oxygen atoms in total. The number of rotatable bonds is 0. The van der Waals surface area contributed by atoms with Gasteiger partial charge in [0.2, 0.25) is 0 Å². The lowest BCUT2D eigenvalue weighted by Crippen LogP contribution is -2.03. The van der Waals surface area contributed by atoms with E-state index in [0.29, 0.717) is 0 Å². The maximum absolute atomic E-state index is 4.32. The summed E-state index contributed by atoms with van der Waals surface area (Å²) in [5, 5.41) is 0. The van der Waals surface area contributed by atoms with Crippen LogP contribution in [0.4, 0.5) is 0 Å². The fourth-order valence-corrected chi connectivity index (χ4v) is 1.53. The van der Waals surface area contributed by atoms with Crippen LogP contribution in [0.1, 0.15) is 25.5 Å². The number of aryl methyl sites for hydroxylation is 2. The quantitative estimate of drug-likeness (QED) is 0.529. The second-order valence-electron chi connectivity index (χ2n) is 2.82. The number of nitrogens with zero attached hydrogens (tertiary/aromatic N) is 1. The van der Waals surface area contributed by atoms with Gasteiger partial charge in [0.1, 0.15) is 0 Å². The van der Waals surface area contributed by atoms with Gasteiger partial charge in [0.25, 0.3) is 0 Å². The van der Waals surface area contributed by atoms with Crippen molar-refractivity contribution in [3.63, 3.8) is 0 Å². The molecule has 0 saturated carbocycles. The van der Waals surface area contributed by atoms with E-state index in [1.165, 1.54) is 36.9 Å². The maximum Gasteiger partial charge on any atom is 1.00 e. The zero-order valence-corrected chi connectivity index (χ0v) is 6.01. The van der Waals surface area contributed by atoms with Crippen LogP contribution in [0.3, 0.4) is 0 Å². The first-order chi connectivity index (χ1) is 4.97. The molecule has 0 fully saturated rings. The van der Waals surface area contributed by atoms with Crippen LogP contribution in [0.15, 0.2) is 18.3 Å². The molecule has 1 heterocycles. The third kappa shape index (κ3) is 0.919. The molecule has 1 aliphatic rings. The van der Waals surface area contributed by atoms with Gasteiger partial charge in [0.05, 0.1) is 0 Å². The Bertz CT molecular complexity index is 210. The smallest absolute Gasteiger partial charge is 0.261 e. The highest BCUT2D eigenvalue weighted by molar-refractivity contribution is 5.21. The number of hydrogen-bond acceptors (Lipinski definition) is 1. The number of hydrogen-bond donors (Lipinski definition) is 0. The standard InChI is InChI=1S/C9H11N/c1-2-6-9-8(4-1)5-3-7-10-9/h3,5,7H,1-2,4,6H2/p+1. The van der Waals surface area contributed by atoms with Crippen molar-refractivity contribution in [2.75, 3.05) is 0 Å². The molecule has 0 aliphatic heterocycles. The van der Waals surface area contributed by atoms with Crippen LogP contribution in [0.5, 0.6) is 0 Å². The molecule has 0 saturated heterocycles. The van der Waals surface area contributed by atoms with E-state index in [4.69, 9.17) is 0 Å². The van der Waals surface area contributed by atoms with Gasteiger partial charge in [-0.15, -0.1) is 0 Å². The average molecular weight is 134 g/mol. The Morgan fingerprint density at radius 3 is 3.10 bits per heavy atom. The minimum absolute atomic E-state index is 0. The number of pyridine rings is 1. The van der Waals surface area contributed by atoms with E-state index in [0.717, 1.165) is 0 Å². The predicted molar refractivity (Wildman–Crippen MR) is 42.0 cm³/mol. The van der Waals surface area contributed by atoms with Gasteiger partial charge in [-0.25, -0.2) is 0 Å². The van der Waals surface area contributed by atoms with Gasteiger partial charge in [0.15, 0.2) is 0 Å². The van der Waals surface area contributed by atoms with E-state index in [1.807, 2.05) is 12.3 Å². The van der Waals surface area contributed by atoms with Gasteiger partial charge < -0.3 is 0 Å². The molecule has 1 aromatic rings. The normalized spacial score (nSPS) is 16.4. The molecule has 0 unspecified atom stereocenters. The Kier molecular flexibility index (Phi) is 1.42. The average Bonchev–Trinajstić information content (AvgIpc) is 2.05. The van der Waals surface area contributed by atoms with E-state index in [2.05, 4.69) is 11.1 Å². The summed E-state index contributed by atoms with van der Waals surface area (Å²) in [6, 6.07) is 4.23. The van der Waals surface area contributed by atoms with Crippen molar-refractivity contribution in [1.82, 2.24) is 4.98 Å². The Morgan fingerprint density at radius 2 is 2.20 bits per heavy atom. The third-order valence-corrected chi connectivity index (χ3v) is 2.09. The number of fused-ring (bicyclic) bond motifs is 1. The molecule has 0 atom stereocenters. The SMILES string of the molecule is [H+].c1cnc2c(c1)CCCC2. The van der Waals surface area contributed by atoms with Crippen molar-refractivity contribution >= 4 is 0 Å². The van der Waals surface area contributed by atoms with Gasteiger partial charge in [0, 0.05) is 11.9 Å². The van der Waals surface area contributed by atoms with E-state index in [-0.39, 0.29) is 1.43 Å². The topological polar surface area (TPSA) is 12.9 Å². The Hall–Kier alpha value is -0.850. The fraction of sp³-hybridized carbons (Fsp3) is 0.444. The minimum atomic E-state index is 0. The summed E-state index contributed by atoms with van der Waals surface area (Å²) >= 11 is 0. The van der Waals surface area contributed by atoms with Crippen molar-refractivity contribution in [2.24, 2.45) is 0 Å². The molecule has 1 heteroatoms. The molecule has 0 N–H and O–H groups in total. The van der Waals surface area contributed by atoms with Gasteiger partial charge in [-0.05, 0) is 37.3 Å². The molecule has 0 spiro atoms. The lowest BCUT2D eigenvalue weighted by molar-refractivity contribution is 0.668. The highest BCUT2D eigenvalue weighted by atomic mass is 14.7. The minimum Gasteiger partial charge on any atom is -0.261 e. The van der Waals surface area contributed by atoms with E-state index in [1.54, 1.807) is 0 Å².